The van der Waals surface area contributed by atoms with Gasteiger partial charge in [0.25, 0.3) is 5.91 Å². The topological polar surface area (TPSA) is 46.9 Å². The number of hydrogen-bond donors (Lipinski definition) is 1. The van der Waals surface area contributed by atoms with E-state index in [1.165, 1.54) is 6.20 Å². The molecule has 1 amide bonds. The molecule has 0 radical (unpaired) electrons. The van der Waals surface area contributed by atoms with Crippen LogP contribution in [0.4, 0.5) is 13.2 Å². The fourth-order valence-corrected chi connectivity index (χ4v) is 2.96. The Morgan fingerprint density at radius 3 is 2.60 bits per heavy atom. The van der Waals surface area contributed by atoms with E-state index in [9.17, 15) is 18.0 Å². The zero-order valence-electron chi connectivity index (χ0n) is 12.9. The molecule has 126 valence electrons. The van der Waals surface area contributed by atoms with Crippen LogP contribution in [0.2, 0.25) is 0 Å². The molecule has 0 spiro atoms. The van der Waals surface area contributed by atoms with E-state index >= 15 is 0 Å². The van der Waals surface area contributed by atoms with Crippen molar-refractivity contribution in [3.8, 4) is 17.1 Å². The first-order valence-corrected chi connectivity index (χ1v) is 7.64. The molecule has 0 fully saturated rings. The number of nitrogens with one attached hydrogen (secondary N) is 1. The minimum absolute atomic E-state index is 0.101. The highest BCUT2D eigenvalue weighted by Crippen LogP contribution is 2.26. The van der Waals surface area contributed by atoms with Gasteiger partial charge in [-0.25, -0.2) is 18.2 Å². The summed E-state index contributed by atoms with van der Waals surface area (Å²) in [5.41, 5.74) is 2.21. The van der Waals surface area contributed by atoms with Gasteiger partial charge < -0.3 is 5.32 Å². The maximum atomic E-state index is 13.5. The van der Waals surface area contributed by atoms with Gasteiger partial charge in [-0.05, 0) is 36.2 Å². The molecule has 0 bridgehead atoms. The molecule has 1 aromatic heterocycles. The summed E-state index contributed by atoms with van der Waals surface area (Å²) in [4.78, 5) is 16.1. The minimum Gasteiger partial charge on any atom is -0.352 e. The Kier molecular flexibility index (Phi) is 3.56. The maximum absolute atomic E-state index is 13.5. The quantitative estimate of drug-likeness (QED) is 0.726. The Balaban J connectivity index is 1.83. The van der Waals surface area contributed by atoms with Crippen LogP contribution in [-0.2, 0) is 6.42 Å². The summed E-state index contributed by atoms with van der Waals surface area (Å²) in [5.74, 6) is -4.01. The molecule has 0 aliphatic carbocycles. The van der Waals surface area contributed by atoms with Gasteiger partial charge in [-0.3, -0.25) is 9.36 Å². The zero-order valence-corrected chi connectivity index (χ0v) is 12.9. The van der Waals surface area contributed by atoms with E-state index in [2.05, 4.69) is 10.3 Å². The second-order valence-corrected chi connectivity index (χ2v) is 5.72. The number of nitrogens with zero attached hydrogens (tertiary/aromatic N) is 2. The molecular formula is C18H12F3N3O. The number of aromatic nitrogens is 2. The second-order valence-electron chi connectivity index (χ2n) is 5.72. The Hall–Kier alpha value is -3.09. The average molecular weight is 343 g/mol. The van der Waals surface area contributed by atoms with Crippen LogP contribution in [0.1, 0.15) is 15.9 Å². The van der Waals surface area contributed by atoms with Gasteiger partial charge in [0.2, 0.25) is 0 Å². The molecule has 0 unspecified atom stereocenters. The first-order valence-electron chi connectivity index (χ1n) is 7.64. The fraction of sp³-hybridized carbons (Fsp3) is 0.111. The van der Waals surface area contributed by atoms with Crippen molar-refractivity contribution in [2.75, 3.05) is 6.54 Å². The number of fused-ring (bicyclic) bond motifs is 1. The molecule has 1 aliphatic rings. The summed E-state index contributed by atoms with van der Waals surface area (Å²) in [6, 6.07) is 7.13. The molecular weight excluding hydrogens is 331 g/mol. The lowest BCUT2D eigenvalue weighted by atomic mass is 9.99. The van der Waals surface area contributed by atoms with Crippen molar-refractivity contribution in [1.82, 2.24) is 14.9 Å². The van der Waals surface area contributed by atoms with E-state index in [-0.39, 0.29) is 17.3 Å². The molecule has 3 aromatic rings. The Morgan fingerprint density at radius 2 is 1.84 bits per heavy atom. The normalized spacial score (nSPS) is 13.5. The van der Waals surface area contributed by atoms with Gasteiger partial charge in [0, 0.05) is 35.8 Å². The summed E-state index contributed by atoms with van der Waals surface area (Å²) in [6.07, 6.45) is 3.82. The minimum atomic E-state index is -1.52. The summed E-state index contributed by atoms with van der Waals surface area (Å²) in [6.45, 7) is 0.593. The third-order valence-electron chi connectivity index (χ3n) is 4.18. The van der Waals surface area contributed by atoms with Gasteiger partial charge in [0.1, 0.15) is 5.82 Å². The number of halogens is 3. The van der Waals surface area contributed by atoms with Crippen LogP contribution >= 0.6 is 0 Å². The monoisotopic (exact) mass is 343 g/mol. The van der Waals surface area contributed by atoms with Gasteiger partial charge in [-0.15, -0.1) is 0 Å². The van der Waals surface area contributed by atoms with Gasteiger partial charge in [-0.2, -0.15) is 0 Å². The number of carbonyl (C=O) groups excluding carboxylic acids is 1. The third kappa shape index (κ3) is 2.57. The number of amides is 1. The molecule has 2 heterocycles. The van der Waals surface area contributed by atoms with E-state index in [4.69, 9.17) is 0 Å². The van der Waals surface area contributed by atoms with E-state index in [0.29, 0.717) is 17.8 Å². The Bertz CT molecular complexity index is 974. The van der Waals surface area contributed by atoms with Gasteiger partial charge in [0.05, 0.1) is 0 Å². The summed E-state index contributed by atoms with van der Waals surface area (Å²) in [7, 11) is 0. The molecule has 0 saturated carbocycles. The lowest BCUT2D eigenvalue weighted by Gasteiger charge is -2.18. The zero-order chi connectivity index (χ0) is 17.6. The standard InChI is InChI=1S/C18H12F3N3O/c19-14-7-11(8-15(20)16(14)21)17-22-5-6-24(17)12-2-1-10-3-4-23-18(25)13(10)9-12/h1-2,5-9H,3-4H2,(H,23,25). The molecule has 1 aliphatic heterocycles. The van der Waals surface area contributed by atoms with E-state index < -0.39 is 17.5 Å². The lowest BCUT2D eigenvalue weighted by molar-refractivity contribution is 0.0946. The Labute approximate surface area is 140 Å². The summed E-state index contributed by atoms with van der Waals surface area (Å²) in [5, 5.41) is 2.77. The number of benzene rings is 2. The van der Waals surface area contributed by atoms with Gasteiger partial charge in [0.15, 0.2) is 17.5 Å². The highest BCUT2D eigenvalue weighted by atomic mass is 19.2. The molecule has 4 nitrogen and oxygen atoms in total. The molecule has 0 saturated heterocycles. The van der Waals surface area contributed by atoms with Crippen LogP contribution < -0.4 is 5.32 Å². The SMILES string of the molecule is O=C1NCCc2ccc(-n3ccnc3-c3cc(F)c(F)c(F)c3)cc21. The van der Waals surface area contributed by atoms with Crippen LogP contribution in [-0.4, -0.2) is 22.0 Å². The first-order chi connectivity index (χ1) is 12.0. The van der Waals surface area contributed by atoms with Gasteiger partial charge in [-0.1, -0.05) is 6.07 Å². The van der Waals surface area contributed by atoms with Crippen LogP contribution in [0.3, 0.4) is 0 Å². The average Bonchev–Trinajstić information content (AvgIpc) is 3.09. The van der Waals surface area contributed by atoms with Crippen LogP contribution in [0.15, 0.2) is 42.7 Å². The highest BCUT2D eigenvalue weighted by molar-refractivity contribution is 5.97. The molecule has 1 N–H and O–H groups in total. The largest absolute Gasteiger partial charge is 0.352 e. The number of imidazole rings is 1. The molecule has 2 aromatic carbocycles. The molecule has 25 heavy (non-hydrogen) atoms. The van der Waals surface area contributed by atoms with Crippen LogP contribution in [0.25, 0.3) is 17.1 Å². The maximum Gasteiger partial charge on any atom is 0.251 e. The number of hydrogen-bond acceptors (Lipinski definition) is 2. The van der Waals surface area contributed by atoms with Gasteiger partial charge >= 0.3 is 0 Å². The molecule has 0 atom stereocenters. The van der Waals surface area contributed by atoms with Crippen molar-refractivity contribution >= 4 is 5.91 Å². The van der Waals surface area contributed by atoms with Crippen molar-refractivity contribution < 1.29 is 18.0 Å². The lowest BCUT2D eigenvalue weighted by Crippen LogP contribution is -2.31. The second kappa shape index (κ2) is 5.77. The third-order valence-corrected chi connectivity index (χ3v) is 4.18. The predicted octanol–water partition coefficient (Wildman–Crippen LogP) is 3.24. The first kappa shape index (κ1) is 15.4. The molecule has 7 heteroatoms. The molecule has 4 rings (SSSR count). The van der Waals surface area contributed by atoms with E-state index in [1.807, 2.05) is 6.07 Å². The van der Waals surface area contributed by atoms with E-state index in [1.54, 1.807) is 22.9 Å². The van der Waals surface area contributed by atoms with Crippen molar-refractivity contribution in [2.24, 2.45) is 0 Å². The summed E-state index contributed by atoms with van der Waals surface area (Å²) >= 11 is 0. The van der Waals surface area contributed by atoms with Crippen LogP contribution in [0.5, 0.6) is 0 Å². The Morgan fingerprint density at radius 1 is 1.08 bits per heavy atom. The number of rotatable bonds is 2. The smallest absolute Gasteiger partial charge is 0.251 e. The van der Waals surface area contributed by atoms with Crippen molar-refractivity contribution in [3.05, 3.63) is 71.3 Å². The fourth-order valence-electron chi connectivity index (χ4n) is 2.96. The predicted molar refractivity (Wildman–Crippen MR) is 84.9 cm³/mol. The van der Waals surface area contributed by atoms with Crippen molar-refractivity contribution in [2.45, 2.75) is 6.42 Å². The summed E-state index contributed by atoms with van der Waals surface area (Å²) < 4.78 is 41.9. The van der Waals surface area contributed by atoms with Crippen molar-refractivity contribution in [1.29, 1.82) is 0 Å². The van der Waals surface area contributed by atoms with Crippen molar-refractivity contribution in [3.63, 3.8) is 0 Å². The van der Waals surface area contributed by atoms with E-state index in [0.717, 1.165) is 24.1 Å². The van der Waals surface area contributed by atoms with Crippen LogP contribution in [0, 0.1) is 17.5 Å². The highest BCUT2D eigenvalue weighted by Gasteiger charge is 2.19. The number of carbonyl (C=O) groups is 1.